The van der Waals surface area contributed by atoms with Gasteiger partial charge in [0.2, 0.25) is 5.79 Å². The Balaban J connectivity index is 1.74. The first-order valence-electron chi connectivity index (χ1n) is 18.3. The molecule has 2 aromatic carbocycles. The number of fused-ring (bicyclic) bond motifs is 2. The summed E-state index contributed by atoms with van der Waals surface area (Å²) in [5, 5.41) is 35.7. The molecule has 1 fully saturated rings. The highest BCUT2D eigenvalue weighted by molar-refractivity contribution is 6.18. The van der Waals surface area contributed by atoms with Crippen LogP contribution >= 0.6 is 11.6 Å². The Morgan fingerprint density at radius 3 is 2.60 bits per heavy atom. The van der Waals surface area contributed by atoms with Crippen LogP contribution in [0.4, 0.5) is 10.5 Å². The molecule has 2 aromatic rings. The van der Waals surface area contributed by atoms with Gasteiger partial charge in [-0.05, 0) is 74.3 Å². The van der Waals surface area contributed by atoms with Gasteiger partial charge in [-0.2, -0.15) is 0 Å². The maximum atomic E-state index is 13.6. The number of rotatable bonds is 19. The number of non-ortho nitro benzene ring substituents is 1. The largest absolute Gasteiger partial charge is 0.459 e. The number of nitro benzene ring substituents is 1. The number of unbranched alkanes of at least 4 members (excludes halogenated alkanes) is 2. The SMILES string of the molecule is C=CCO[C@@]12Oc3ccc(Oc4cccc([N+](=O)[O-])c4)cc3[C@H]3[C@H](CCCCO)[C@@H](CCCCO)C=C(C(=NOCC)C[C@@H]1N(C)C(=O)OCCCl)[C@H]32. The number of oxime groups is 1. The molecule has 1 amide bonds. The molecule has 14 heteroatoms. The molecule has 0 saturated heterocycles. The number of benzene rings is 2. The summed E-state index contributed by atoms with van der Waals surface area (Å²) in [6, 6.07) is 10.8. The van der Waals surface area contributed by atoms with E-state index in [1.165, 1.54) is 17.0 Å². The van der Waals surface area contributed by atoms with Crippen LogP contribution < -0.4 is 9.47 Å². The van der Waals surface area contributed by atoms with Crippen molar-refractivity contribution in [2.75, 3.05) is 46.0 Å². The minimum atomic E-state index is -1.43. The van der Waals surface area contributed by atoms with Crippen molar-refractivity contribution >= 4 is 29.1 Å². The molecule has 0 spiro atoms. The van der Waals surface area contributed by atoms with Crippen LogP contribution in [0.2, 0.25) is 0 Å². The topological polar surface area (TPSA) is 162 Å². The number of nitrogens with zero attached hydrogens (tertiary/aromatic N) is 3. The second-order valence-electron chi connectivity index (χ2n) is 13.5. The first kappa shape index (κ1) is 40.0. The van der Waals surface area contributed by atoms with Crippen molar-refractivity contribution in [2.24, 2.45) is 22.9 Å². The maximum absolute atomic E-state index is 13.6. The summed E-state index contributed by atoms with van der Waals surface area (Å²) < 4.78 is 25.6. The Kier molecular flexibility index (Phi) is 14.1. The van der Waals surface area contributed by atoms with E-state index in [0.29, 0.717) is 42.4 Å². The molecule has 13 nitrogen and oxygen atoms in total. The van der Waals surface area contributed by atoms with Gasteiger partial charge in [0.15, 0.2) is 0 Å². The van der Waals surface area contributed by atoms with Crippen LogP contribution in [0.15, 0.2) is 71.9 Å². The van der Waals surface area contributed by atoms with Crippen LogP contribution in [-0.4, -0.2) is 89.6 Å². The molecule has 0 radical (unpaired) electrons. The number of likely N-dealkylation sites (N-methyl/N-ethyl adjacent to an activating group) is 1. The fourth-order valence-corrected chi connectivity index (χ4v) is 8.16. The number of hydrogen-bond donors (Lipinski definition) is 2. The quantitative estimate of drug-likeness (QED) is 0.0488. The highest BCUT2D eigenvalue weighted by Gasteiger charge is 2.65. The second kappa shape index (κ2) is 18.7. The van der Waals surface area contributed by atoms with Crippen molar-refractivity contribution in [1.82, 2.24) is 4.90 Å². The number of aliphatic hydroxyl groups excluding tert-OH is 2. The van der Waals surface area contributed by atoms with E-state index in [9.17, 15) is 25.1 Å². The van der Waals surface area contributed by atoms with E-state index in [1.807, 2.05) is 19.1 Å². The van der Waals surface area contributed by atoms with Gasteiger partial charge < -0.3 is 38.9 Å². The van der Waals surface area contributed by atoms with Gasteiger partial charge in [0.1, 0.15) is 36.5 Å². The summed E-state index contributed by atoms with van der Waals surface area (Å²) in [5.74, 6) is -0.679. The Labute approximate surface area is 315 Å². The number of amides is 1. The molecule has 0 bridgehead atoms. The monoisotopic (exact) mass is 755 g/mol. The Hall–Kier alpha value is -4.17. The van der Waals surface area contributed by atoms with Gasteiger partial charge in [-0.3, -0.25) is 10.1 Å². The summed E-state index contributed by atoms with van der Waals surface area (Å²) in [4.78, 5) is 31.8. The van der Waals surface area contributed by atoms with E-state index in [-0.39, 0.29) is 62.2 Å². The zero-order chi connectivity index (χ0) is 38.0. The summed E-state index contributed by atoms with van der Waals surface area (Å²) >= 11 is 5.89. The van der Waals surface area contributed by atoms with Crippen molar-refractivity contribution in [3.8, 4) is 17.2 Å². The molecule has 288 valence electrons. The lowest BCUT2D eigenvalue weighted by Crippen LogP contribution is -2.69. The molecule has 0 aromatic heterocycles. The normalized spacial score (nSPS) is 25.0. The number of nitro groups is 1. The minimum absolute atomic E-state index is 0.0111. The minimum Gasteiger partial charge on any atom is -0.459 e. The highest BCUT2D eigenvalue weighted by atomic mass is 35.5. The fourth-order valence-electron chi connectivity index (χ4n) is 8.09. The molecule has 0 unspecified atom stereocenters. The van der Waals surface area contributed by atoms with Crippen LogP contribution in [0, 0.1) is 27.9 Å². The van der Waals surface area contributed by atoms with Gasteiger partial charge in [0, 0.05) is 44.2 Å². The molecule has 1 aliphatic heterocycles. The van der Waals surface area contributed by atoms with E-state index >= 15 is 0 Å². The Morgan fingerprint density at radius 1 is 1.15 bits per heavy atom. The lowest BCUT2D eigenvalue weighted by molar-refractivity contribution is -0.384. The van der Waals surface area contributed by atoms with Crippen molar-refractivity contribution in [3.05, 3.63) is 82.4 Å². The van der Waals surface area contributed by atoms with Crippen LogP contribution in [0.1, 0.15) is 63.4 Å². The molecular weight excluding hydrogens is 706 g/mol. The number of hydrogen-bond acceptors (Lipinski definition) is 11. The molecule has 3 aliphatic rings. The van der Waals surface area contributed by atoms with E-state index in [4.69, 9.17) is 35.4 Å². The smallest absolute Gasteiger partial charge is 0.410 e. The van der Waals surface area contributed by atoms with Crippen LogP contribution in [0.25, 0.3) is 0 Å². The highest BCUT2D eigenvalue weighted by Crippen LogP contribution is 2.62. The number of aliphatic hydroxyl groups is 2. The predicted octanol–water partition coefficient (Wildman–Crippen LogP) is 7.35. The molecule has 1 saturated carbocycles. The fraction of sp³-hybridized carbons (Fsp3) is 0.538. The molecule has 1 heterocycles. The van der Waals surface area contributed by atoms with E-state index in [2.05, 4.69) is 17.8 Å². The molecular formula is C39H50ClN3O10. The molecule has 5 rings (SSSR count). The van der Waals surface area contributed by atoms with Crippen LogP contribution in [-0.2, 0) is 14.3 Å². The second-order valence-corrected chi connectivity index (χ2v) is 13.8. The zero-order valence-electron chi connectivity index (χ0n) is 30.4. The predicted molar refractivity (Wildman–Crippen MR) is 200 cm³/mol. The van der Waals surface area contributed by atoms with Gasteiger partial charge in [-0.15, -0.1) is 18.2 Å². The maximum Gasteiger partial charge on any atom is 0.410 e. The zero-order valence-corrected chi connectivity index (χ0v) is 31.1. The summed E-state index contributed by atoms with van der Waals surface area (Å²) in [5.41, 5.74) is 2.33. The number of carbonyl (C=O) groups excluding carboxylic acids is 1. The lowest BCUT2D eigenvalue weighted by Gasteiger charge is -2.59. The van der Waals surface area contributed by atoms with Gasteiger partial charge >= 0.3 is 6.09 Å². The van der Waals surface area contributed by atoms with Gasteiger partial charge in [-0.25, -0.2) is 4.79 Å². The summed E-state index contributed by atoms with van der Waals surface area (Å²) in [6.07, 6.45) is 7.95. The first-order chi connectivity index (χ1) is 25.7. The van der Waals surface area contributed by atoms with Crippen molar-refractivity contribution in [1.29, 1.82) is 0 Å². The molecule has 2 aliphatic carbocycles. The molecule has 2 N–H and O–H groups in total. The molecule has 6 atom stereocenters. The van der Waals surface area contributed by atoms with Crippen molar-refractivity contribution < 1.29 is 43.7 Å². The third-order valence-electron chi connectivity index (χ3n) is 10.3. The van der Waals surface area contributed by atoms with Crippen molar-refractivity contribution in [3.63, 3.8) is 0 Å². The van der Waals surface area contributed by atoms with E-state index in [0.717, 1.165) is 36.8 Å². The van der Waals surface area contributed by atoms with Crippen molar-refractivity contribution in [2.45, 2.75) is 69.6 Å². The van der Waals surface area contributed by atoms with E-state index < -0.39 is 28.8 Å². The number of carbonyl (C=O) groups is 1. The van der Waals surface area contributed by atoms with Gasteiger partial charge in [-0.1, -0.05) is 36.2 Å². The number of halogens is 1. The van der Waals surface area contributed by atoms with Crippen LogP contribution in [0.5, 0.6) is 17.2 Å². The average Bonchev–Trinajstić information content (AvgIpc) is 3.16. The van der Waals surface area contributed by atoms with E-state index in [1.54, 1.807) is 31.3 Å². The Morgan fingerprint density at radius 2 is 1.91 bits per heavy atom. The van der Waals surface area contributed by atoms with Crippen LogP contribution in [0.3, 0.4) is 0 Å². The number of ether oxygens (including phenoxy) is 4. The first-order valence-corrected chi connectivity index (χ1v) is 18.8. The van der Waals surface area contributed by atoms with Gasteiger partial charge in [0.05, 0.1) is 35.1 Å². The molecule has 53 heavy (non-hydrogen) atoms. The number of alkyl halides is 1. The lowest BCUT2D eigenvalue weighted by atomic mass is 9.55. The average molecular weight is 756 g/mol. The Bertz CT molecular complexity index is 1650. The third-order valence-corrected chi connectivity index (χ3v) is 10.4. The summed E-state index contributed by atoms with van der Waals surface area (Å²) in [6.45, 7) is 6.40. The standard InChI is InChI=1S/C39H50ClN3O10/c1-4-20-50-39-35(42(3)38(46)49-21-17-40)25-33(41-51-5-2)31-22-26(11-6-8-18-44)30(14-7-9-19-45)36(37(31)39)32-24-29(15-16-34(32)53-39)52-28-13-10-12-27(23-28)43(47)48/h4,10,12-13,15-16,22-24,26,30,35-37,44-45H,1,5-9,11,14,17-21,25H2,2-3H3/t26-,30+,35-,36+,37+,39+/m0/s1. The van der Waals surface area contributed by atoms with Gasteiger partial charge in [0.25, 0.3) is 5.69 Å². The summed E-state index contributed by atoms with van der Waals surface area (Å²) in [7, 11) is 1.65. The number of allylic oxidation sites excluding steroid dienone is 1. The third kappa shape index (κ3) is 8.80.